The average Bonchev–Trinajstić information content (AvgIpc) is 2.71. The van der Waals surface area contributed by atoms with Gasteiger partial charge < -0.3 is 0 Å². The molecule has 1 aliphatic rings. The molecule has 0 nitrogen and oxygen atoms in total. The smallest absolute Gasteiger partial charge is 0.275 e. The van der Waals surface area contributed by atoms with E-state index in [1.54, 1.807) is 0 Å². The summed E-state index contributed by atoms with van der Waals surface area (Å²) in [4.78, 5) is 0. The van der Waals surface area contributed by atoms with Gasteiger partial charge >= 0.3 is 19.5 Å². The van der Waals surface area contributed by atoms with Crippen LogP contribution in [-0.2, 0) is 19.5 Å². The van der Waals surface area contributed by atoms with Gasteiger partial charge in [-0.1, -0.05) is 27.2 Å². The summed E-state index contributed by atoms with van der Waals surface area (Å²) in [7, 11) is 0. The predicted molar refractivity (Wildman–Crippen MR) is 63.7 cm³/mol. The third-order valence-electron chi connectivity index (χ3n) is 1.96. The van der Waals surface area contributed by atoms with Gasteiger partial charge in [-0.15, -0.1) is 13.3 Å². The summed E-state index contributed by atoms with van der Waals surface area (Å²) in [6, 6.07) is 0. The zero-order chi connectivity index (χ0) is 10.8. The molecular weight excluding hydrogens is 269 g/mol. The number of allylic oxidation sites excluding steroid dienone is 8. The van der Waals surface area contributed by atoms with E-state index in [0.29, 0.717) is 0 Å². The fourth-order valence-electron chi connectivity index (χ4n) is 1.03. The fraction of sp³-hybridized carbons (Fsp3) is 0.429. The van der Waals surface area contributed by atoms with Crippen LogP contribution in [0.2, 0.25) is 0 Å². The number of hydrogen-bond acceptors (Lipinski definition) is 0. The first-order valence-corrected chi connectivity index (χ1v) is 5.14. The first-order valence-electron chi connectivity index (χ1n) is 5.14. The van der Waals surface area contributed by atoms with Crippen LogP contribution in [0.1, 0.15) is 40.5 Å². The van der Waals surface area contributed by atoms with Crippen molar-refractivity contribution >= 4 is 0 Å². The van der Waals surface area contributed by atoms with Gasteiger partial charge in [0.15, 0.2) is 0 Å². The molecule has 0 amide bonds. The van der Waals surface area contributed by atoms with E-state index in [0.717, 1.165) is 12.8 Å². The second kappa shape index (κ2) is 11.7. The van der Waals surface area contributed by atoms with Gasteiger partial charge in [-0.2, -0.15) is 12.2 Å². The molecule has 0 heterocycles. The van der Waals surface area contributed by atoms with Crippen molar-refractivity contribution in [2.75, 3.05) is 0 Å². The molecular formula is C14H20Ru. The Morgan fingerprint density at radius 3 is 2.47 bits per heavy atom. The van der Waals surface area contributed by atoms with Crippen molar-refractivity contribution in [2.45, 2.75) is 40.5 Å². The Balaban J connectivity index is 0. The van der Waals surface area contributed by atoms with Crippen LogP contribution in [0.4, 0.5) is 0 Å². The summed E-state index contributed by atoms with van der Waals surface area (Å²) in [5.74, 6) is 0. The summed E-state index contributed by atoms with van der Waals surface area (Å²) in [5.41, 5.74) is 2.56. The van der Waals surface area contributed by atoms with E-state index in [9.17, 15) is 0 Å². The van der Waals surface area contributed by atoms with E-state index in [-0.39, 0.29) is 19.5 Å². The molecule has 0 N–H and O–H groups in total. The molecule has 0 radical (unpaired) electrons. The van der Waals surface area contributed by atoms with Gasteiger partial charge in [-0.05, 0) is 0 Å². The van der Waals surface area contributed by atoms with Crippen molar-refractivity contribution in [1.29, 1.82) is 0 Å². The molecule has 1 heteroatoms. The van der Waals surface area contributed by atoms with Gasteiger partial charge in [0, 0.05) is 0 Å². The minimum atomic E-state index is 0. The first kappa shape index (κ1) is 17.0. The summed E-state index contributed by atoms with van der Waals surface area (Å²) >= 11 is 0. The maximum atomic E-state index is 3.21. The molecule has 0 spiro atoms. The van der Waals surface area contributed by atoms with Crippen LogP contribution in [0.15, 0.2) is 35.5 Å². The van der Waals surface area contributed by atoms with Crippen molar-refractivity contribution in [2.24, 2.45) is 0 Å². The fourth-order valence-corrected chi connectivity index (χ4v) is 1.03. The van der Waals surface area contributed by atoms with E-state index in [1.165, 1.54) is 11.1 Å². The van der Waals surface area contributed by atoms with Crippen LogP contribution in [0.25, 0.3) is 0 Å². The van der Waals surface area contributed by atoms with Crippen molar-refractivity contribution < 1.29 is 19.5 Å². The van der Waals surface area contributed by atoms with Gasteiger partial charge in [-0.25, -0.2) is 23.3 Å². The topological polar surface area (TPSA) is 0 Å². The molecule has 0 fully saturated rings. The monoisotopic (exact) mass is 290 g/mol. The van der Waals surface area contributed by atoms with Crippen LogP contribution in [0.3, 0.4) is 0 Å². The zero-order valence-corrected chi connectivity index (χ0v) is 11.8. The van der Waals surface area contributed by atoms with Crippen LogP contribution in [-0.4, -0.2) is 0 Å². The SMILES string of the molecule is CCC1=[C-]CC=C1.C[C-]=C(C)/C=C/C.[Ru+2]. The second-order valence-electron chi connectivity index (χ2n) is 3.10. The predicted octanol–water partition coefficient (Wildman–Crippen LogP) is 4.42. The Bertz CT molecular complexity index is 255. The van der Waals surface area contributed by atoms with Crippen LogP contribution in [0, 0.1) is 12.2 Å². The van der Waals surface area contributed by atoms with Gasteiger partial charge in [0.2, 0.25) is 0 Å². The Morgan fingerprint density at radius 1 is 1.60 bits per heavy atom. The summed E-state index contributed by atoms with van der Waals surface area (Å²) in [6.45, 7) is 8.09. The molecule has 15 heavy (non-hydrogen) atoms. The van der Waals surface area contributed by atoms with E-state index < -0.39 is 0 Å². The normalized spacial score (nSPS) is 14.4. The molecule has 0 bridgehead atoms. The molecule has 0 unspecified atom stereocenters. The largest absolute Gasteiger partial charge is 2.00 e. The molecule has 0 atom stereocenters. The molecule has 1 aliphatic carbocycles. The molecule has 84 valence electrons. The van der Waals surface area contributed by atoms with Crippen molar-refractivity contribution in [3.8, 4) is 0 Å². The maximum Gasteiger partial charge on any atom is 2.00 e. The first-order chi connectivity index (χ1) is 6.74. The summed E-state index contributed by atoms with van der Waals surface area (Å²) in [6.07, 6.45) is 16.7. The van der Waals surface area contributed by atoms with Crippen molar-refractivity contribution in [3.05, 3.63) is 47.6 Å². The third-order valence-corrected chi connectivity index (χ3v) is 1.96. The molecule has 0 aromatic heterocycles. The molecule has 0 saturated heterocycles. The molecule has 0 saturated carbocycles. The van der Waals surface area contributed by atoms with Gasteiger partial charge in [0.1, 0.15) is 0 Å². The minimum Gasteiger partial charge on any atom is -0.275 e. The third kappa shape index (κ3) is 9.88. The molecule has 1 rings (SSSR count). The van der Waals surface area contributed by atoms with E-state index in [1.807, 2.05) is 32.9 Å². The Labute approximate surface area is 108 Å². The second-order valence-corrected chi connectivity index (χ2v) is 3.10. The zero-order valence-electron chi connectivity index (χ0n) is 10.1. The van der Waals surface area contributed by atoms with Crippen LogP contribution in [0.5, 0.6) is 0 Å². The maximum absolute atomic E-state index is 3.21. The number of rotatable bonds is 2. The Morgan fingerprint density at radius 2 is 2.27 bits per heavy atom. The standard InChI is InChI=1S/C7H9.C7H11.Ru/c1-2-7-5-3-4-6-7;1-4-6-7(3)5-2;/h3,5H,2,4H2,1H3;4,6H,1-3H3;/q2*-1;+2/b;6-4+;. The van der Waals surface area contributed by atoms with Crippen LogP contribution < -0.4 is 0 Å². The quantitative estimate of drug-likeness (QED) is 0.401. The molecule has 0 aromatic carbocycles. The van der Waals surface area contributed by atoms with E-state index in [4.69, 9.17) is 0 Å². The Kier molecular flexibility index (Phi) is 13.2. The van der Waals surface area contributed by atoms with Crippen molar-refractivity contribution in [1.82, 2.24) is 0 Å². The summed E-state index contributed by atoms with van der Waals surface area (Å²) in [5, 5.41) is 0. The average molecular weight is 289 g/mol. The molecule has 0 aromatic rings. The van der Waals surface area contributed by atoms with Gasteiger partial charge in [-0.3, -0.25) is 12.2 Å². The van der Waals surface area contributed by atoms with Gasteiger partial charge in [0.25, 0.3) is 0 Å². The Hall–Kier alpha value is -0.417. The summed E-state index contributed by atoms with van der Waals surface area (Å²) < 4.78 is 0. The van der Waals surface area contributed by atoms with Crippen molar-refractivity contribution in [3.63, 3.8) is 0 Å². The van der Waals surface area contributed by atoms with Crippen LogP contribution >= 0.6 is 0 Å². The number of hydrogen-bond donors (Lipinski definition) is 0. The van der Waals surface area contributed by atoms with E-state index >= 15 is 0 Å². The minimum absolute atomic E-state index is 0. The molecule has 0 aliphatic heterocycles. The van der Waals surface area contributed by atoms with Gasteiger partial charge in [0.05, 0.1) is 0 Å². The van der Waals surface area contributed by atoms with E-state index in [2.05, 4.69) is 31.2 Å².